The van der Waals surface area contributed by atoms with E-state index in [1.54, 1.807) is 0 Å². The van der Waals surface area contributed by atoms with Gasteiger partial charge in [-0.15, -0.1) is 0 Å². The van der Waals surface area contributed by atoms with Crippen LogP contribution in [0, 0.1) is 6.92 Å². The van der Waals surface area contributed by atoms with Crippen molar-refractivity contribution < 1.29 is 9.53 Å². The Morgan fingerprint density at radius 2 is 2.16 bits per heavy atom. The van der Waals surface area contributed by atoms with Gasteiger partial charge in [0.25, 0.3) is 5.91 Å². The van der Waals surface area contributed by atoms with Crippen molar-refractivity contribution in [2.45, 2.75) is 26.8 Å². The number of hydrogen-bond donors (Lipinski definition) is 0. The van der Waals surface area contributed by atoms with Crippen LogP contribution in [0.2, 0.25) is 0 Å². The van der Waals surface area contributed by atoms with E-state index in [4.69, 9.17) is 4.74 Å². The summed E-state index contributed by atoms with van der Waals surface area (Å²) in [7, 11) is 0. The third-order valence-corrected chi connectivity index (χ3v) is 4.48. The lowest BCUT2D eigenvalue weighted by atomic mass is 10.1. The molecule has 6 nitrogen and oxygen atoms in total. The standard InChI is InChI=1S/C19H20N4O2/c1-3-25-17-7-5-4-6-15(17)19(24)22-9-8-16-14(12-22)11-20-18-10-13(2)21-23(16)18/h4-7,10-11H,3,8-9,12H2,1-2H3. The first-order valence-corrected chi connectivity index (χ1v) is 8.51. The smallest absolute Gasteiger partial charge is 0.257 e. The van der Waals surface area contributed by atoms with Gasteiger partial charge in [0.2, 0.25) is 0 Å². The monoisotopic (exact) mass is 336 g/mol. The maximum atomic E-state index is 13.0. The molecule has 0 aliphatic carbocycles. The fraction of sp³-hybridized carbons (Fsp3) is 0.316. The molecule has 3 heterocycles. The van der Waals surface area contributed by atoms with E-state index < -0.39 is 0 Å². The molecule has 1 aliphatic heterocycles. The van der Waals surface area contributed by atoms with Gasteiger partial charge in [0.05, 0.1) is 23.6 Å². The Balaban J connectivity index is 1.64. The van der Waals surface area contributed by atoms with Crippen LogP contribution in [-0.4, -0.2) is 38.6 Å². The highest BCUT2D eigenvalue weighted by Gasteiger charge is 2.26. The van der Waals surface area contributed by atoms with Gasteiger partial charge in [0, 0.05) is 37.3 Å². The molecule has 128 valence electrons. The van der Waals surface area contributed by atoms with E-state index in [9.17, 15) is 4.79 Å². The molecule has 0 radical (unpaired) electrons. The first-order chi connectivity index (χ1) is 12.2. The molecule has 2 aromatic heterocycles. The van der Waals surface area contributed by atoms with Crippen molar-refractivity contribution in [1.82, 2.24) is 19.5 Å². The number of carbonyl (C=O) groups is 1. The minimum Gasteiger partial charge on any atom is -0.493 e. The molecule has 0 unspecified atom stereocenters. The summed E-state index contributed by atoms with van der Waals surface area (Å²) in [5.41, 5.74) is 4.60. The molecule has 4 rings (SSSR count). The predicted molar refractivity (Wildman–Crippen MR) is 93.8 cm³/mol. The van der Waals surface area contributed by atoms with E-state index >= 15 is 0 Å². The summed E-state index contributed by atoms with van der Waals surface area (Å²) in [4.78, 5) is 19.3. The second-order valence-electron chi connectivity index (χ2n) is 6.19. The summed E-state index contributed by atoms with van der Waals surface area (Å²) in [5, 5.41) is 4.52. The molecule has 0 fully saturated rings. The molecular weight excluding hydrogens is 316 g/mol. The van der Waals surface area contributed by atoms with Crippen LogP contribution in [0.3, 0.4) is 0 Å². The predicted octanol–water partition coefficient (Wildman–Crippen LogP) is 2.63. The number of aryl methyl sites for hydroxylation is 1. The van der Waals surface area contributed by atoms with E-state index in [0.29, 0.717) is 31.0 Å². The molecule has 0 bridgehead atoms. The van der Waals surface area contributed by atoms with Crippen LogP contribution in [0.5, 0.6) is 5.75 Å². The molecule has 1 amide bonds. The molecule has 25 heavy (non-hydrogen) atoms. The lowest BCUT2D eigenvalue weighted by Gasteiger charge is -2.29. The van der Waals surface area contributed by atoms with E-state index in [-0.39, 0.29) is 5.91 Å². The highest BCUT2D eigenvalue weighted by molar-refractivity contribution is 5.97. The lowest BCUT2D eigenvalue weighted by Crippen LogP contribution is -2.37. The first-order valence-electron chi connectivity index (χ1n) is 8.51. The molecule has 1 aliphatic rings. The number of hydrogen-bond acceptors (Lipinski definition) is 4. The van der Waals surface area contributed by atoms with Crippen molar-refractivity contribution in [2.24, 2.45) is 0 Å². The Labute approximate surface area is 146 Å². The zero-order valence-electron chi connectivity index (χ0n) is 14.4. The quantitative estimate of drug-likeness (QED) is 0.738. The third kappa shape index (κ3) is 2.73. The highest BCUT2D eigenvalue weighted by atomic mass is 16.5. The fourth-order valence-corrected chi connectivity index (χ4v) is 3.32. The van der Waals surface area contributed by atoms with Crippen LogP contribution in [0.1, 0.15) is 34.2 Å². The Hall–Kier alpha value is -2.89. The van der Waals surface area contributed by atoms with Crippen LogP contribution in [0.25, 0.3) is 5.65 Å². The number of nitrogens with zero attached hydrogens (tertiary/aromatic N) is 4. The Morgan fingerprint density at radius 3 is 3.00 bits per heavy atom. The van der Waals surface area contributed by atoms with Crippen LogP contribution >= 0.6 is 0 Å². The topological polar surface area (TPSA) is 59.7 Å². The summed E-state index contributed by atoms with van der Waals surface area (Å²) >= 11 is 0. The van der Waals surface area contributed by atoms with Gasteiger partial charge in [-0.05, 0) is 26.0 Å². The van der Waals surface area contributed by atoms with E-state index in [1.807, 2.05) is 59.8 Å². The van der Waals surface area contributed by atoms with Gasteiger partial charge < -0.3 is 9.64 Å². The third-order valence-electron chi connectivity index (χ3n) is 4.48. The number of aromatic nitrogens is 3. The molecule has 3 aromatic rings. The van der Waals surface area contributed by atoms with Gasteiger partial charge in [0.15, 0.2) is 5.65 Å². The maximum Gasteiger partial charge on any atom is 0.257 e. The van der Waals surface area contributed by atoms with E-state index in [2.05, 4.69) is 10.1 Å². The largest absolute Gasteiger partial charge is 0.493 e. The maximum absolute atomic E-state index is 13.0. The van der Waals surface area contributed by atoms with Gasteiger partial charge in [-0.1, -0.05) is 12.1 Å². The second kappa shape index (κ2) is 6.20. The Bertz CT molecular complexity index is 948. The number of amides is 1. The number of fused-ring (bicyclic) bond motifs is 3. The van der Waals surface area contributed by atoms with Gasteiger partial charge in [0.1, 0.15) is 5.75 Å². The van der Waals surface area contributed by atoms with E-state index in [0.717, 1.165) is 29.0 Å². The summed E-state index contributed by atoms with van der Waals surface area (Å²) in [5.74, 6) is 0.628. The van der Waals surface area contributed by atoms with Crippen molar-refractivity contribution in [2.75, 3.05) is 13.2 Å². The fourth-order valence-electron chi connectivity index (χ4n) is 3.32. The molecule has 0 saturated heterocycles. The zero-order chi connectivity index (χ0) is 17.4. The number of ether oxygens (including phenoxy) is 1. The van der Waals surface area contributed by atoms with Gasteiger partial charge in [-0.25, -0.2) is 9.50 Å². The summed E-state index contributed by atoms with van der Waals surface area (Å²) in [6.07, 6.45) is 2.62. The first kappa shape index (κ1) is 15.6. The number of carbonyl (C=O) groups excluding carboxylic acids is 1. The van der Waals surface area contributed by atoms with Gasteiger partial charge >= 0.3 is 0 Å². The van der Waals surface area contributed by atoms with Crippen molar-refractivity contribution >= 4 is 11.6 Å². The highest BCUT2D eigenvalue weighted by Crippen LogP contribution is 2.25. The van der Waals surface area contributed by atoms with Gasteiger partial charge in [-0.3, -0.25) is 4.79 Å². The lowest BCUT2D eigenvalue weighted by molar-refractivity contribution is 0.0728. The molecule has 0 N–H and O–H groups in total. The number of para-hydroxylation sites is 1. The molecule has 1 aromatic carbocycles. The van der Waals surface area contributed by atoms with Crippen molar-refractivity contribution in [3.05, 3.63) is 59.0 Å². The minimum atomic E-state index is -0.00792. The van der Waals surface area contributed by atoms with Crippen LogP contribution in [0.15, 0.2) is 36.5 Å². The average molecular weight is 336 g/mol. The normalized spacial score (nSPS) is 13.8. The summed E-state index contributed by atoms with van der Waals surface area (Å²) in [6.45, 7) is 5.61. The van der Waals surface area contributed by atoms with Crippen LogP contribution in [-0.2, 0) is 13.0 Å². The molecule has 0 atom stereocenters. The molecular formula is C19H20N4O2. The summed E-state index contributed by atoms with van der Waals surface area (Å²) in [6, 6.07) is 9.38. The number of benzene rings is 1. The number of rotatable bonds is 3. The molecule has 6 heteroatoms. The molecule has 0 spiro atoms. The SMILES string of the molecule is CCOc1ccccc1C(=O)N1CCc2c(cnc3cc(C)nn23)C1. The van der Waals surface area contributed by atoms with Crippen LogP contribution < -0.4 is 4.74 Å². The Kier molecular flexibility index (Phi) is 3.87. The summed E-state index contributed by atoms with van der Waals surface area (Å²) < 4.78 is 7.51. The molecule has 0 saturated carbocycles. The van der Waals surface area contributed by atoms with E-state index in [1.165, 1.54) is 0 Å². The Morgan fingerprint density at radius 1 is 1.32 bits per heavy atom. The van der Waals surface area contributed by atoms with Gasteiger partial charge in [-0.2, -0.15) is 5.10 Å². The van der Waals surface area contributed by atoms with Crippen LogP contribution in [0.4, 0.5) is 0 Å². The zero-order valence-corrected chi connectivity index (χ0v) is 14.4. The van der Waals surface area contributed by atoms with Crippen molar-refractivity contribution in [1.29, 1.82) is 0 Å². The average Bonchev–Trinajstić information content (AvgIpc) is 3.02. The second-order valence-corrected chi connectivity index (χ2v) is 6.19. The van der Waals surface area contributed by atoms with Crippen molar-refractivity contribution in [3.8, 4) is 5.75 Å². The minimum absolute atomic E-state index is 0.00792. The van der Waals surface area contributed by atoms with Crippen molar-refractivity contribution in [3.63, 3.8) is 0 Å².